The topological polar surface area (TPSA) is 71.2 Å². The van der Waals surface area contributed by atoms with E-state index in [1.54, 1.807) is 16.9 Å². The number of nitrogens with one attached hydrogen (secondary N) is 1. The third-order valence-corrected chi connectivity index (χ3v) is 3.51. The van der Waals surface area contributed by atoms with Crippen LogP contribution in [0.25, 0.3) is 5.65 Å². The van der Waals surface area contributed by atoms with Crippen LogP contribution in [0.3, 0.4) is 0 Å². The van der Waals surface area contributed by atoms with Crippen molar-refractivity contribution >= 4 is 11.5 Å². The summed E-state index contributed by atoms with van der Waals surface area (Å²) in [6, 6.07) is 0. The largest absolute Gasteiger partial charge is 0.368 e. The van der Waals surface area contributed by atoms with E-state index in [-0.39, 0.29) is 0 Å². The van der Waals surface area contributed by atoms with Gasteiger partial charge in [-0.2, -0.15) is 4.52 Å². The Morgan fingerprint density at radius 3 is 3.00 bits per heavy atom. The number of likely N-dealkylation sites (tertiary alicyclic amines) is 1. The van der Waals surface area contributed by atoms with E-state index < -0.39 is 0 Å². The molecule has 1 unspecified atom stereocenters. The van der Waals surface area contributed by atoms with Crippen LogP contribution >= 0.6 is 0 Å². The Labute approximate surface area is 112 Å². The van der Waals surface area contributed by atoms with Crippen molar-refractivity contribution in [2.24, 2.45) is 5.92 Å². The lowest BCUT2D eigenvalue weighted by molar-refractivity contribution is 0.294. The standard InChI is InChI=1S/C12H19N7/c1-10(9-18-4-2-3-5-18)6-14-11-7-13-8-12-15-16-17-19(11)12/h7-8,10,14H,2-6,9H2,1H3. The number of hydrogen-bond donors (Lipinski definition) is 1. The molecule has 0 radical (unpaired) electrons. The summed E-state index contributed by atoms with van der Waals surface area (Å²) in [6.45, 7) is 6.80. The fraction of sp³-hybridized carbons (Fsp3) is 0.667. The highest BCUT2D eigenvalue weighted by Crippen LogP contribution is 2.11. The number of fused-ring (bicyclic) bond motifs is 1. The lowest BCUT2D eigenvalue weighted by atomic mass is 10.1. The van der Waals surface area contributed by atoms with E-state index in [1.165, 1.54) is 25.9 Å². The van der Waals surface area contributed by atoms with E-state index in [4.69, 9.17) is 0 Å². The van der Waals surface area contributed by atoms with Gasteiger partial charge < -0.3 is 10.2 Å². The molecule has 1 atom stereocenters. The number of nitrogens with zero attached hydrogens (tertiary/aromatic N) is 6. The number of hydrogen-bond acceptors (Lipinski definition) is 6. The molecule has 0 aliphatic carbocycles. The molecule has 0 spiro atoms. The second-order valence-corrected chi connectivity index (χ2v) is 5.24. The molecule has 2 aromatic rings. The molecule has 1 N–H and O–H groups in total. The second kappa shape index (κ2) is 5.48. The van der Waals surface area contributed by atoms with Gasteiger partial charge in [0.25, 0.3) is 0 Å². The minimum Gasteiger partial charge on any atom is -0.368 e. The molecule has 2 aromatic heterocycles. The van der Waals surface area contributed by atoms with E-state index in [0.29, 0.717) is 11.6 Å². The lowest BCUT2D eigenvalue weighted by Gasteiger charge is -2.20. The highest BCUT2D eigenvalue weighted by atomic mass is 15.5. The molecule has 3 rings (SSSR count). The van der Waals surface area contributed by atoms with E-state index in [0.717, 1.165) is 18.9 Å². The minimum absolute atomic E-state index is 0.588. The van der Waals surface area contributed by atoms with Crippen LogP contribution < -0.4 is 5.32 Å². The van der Waals surface area contributed by atoms with Gasteiger partial charge in [0.05, 0.1) is 12.4 Å². The first-order valence-corrected chi connectivity index (χ1v) is 6.81. The van der Waals surface area contributed by atoms with Gasteiger partial charge in [-0.05, 0) is 42.3 Å². The van der Waals surface area contributed by atoms with E-state index in [1.807, 2.05) is 0 Å². The lowest BCUT2D eigenvalue weighted by Crippen LogP contribution is -2.29. The van der Waals surface area contributed by atoms with Gasteiger partial charge in [-0.15, -0.1) is 5.10 Å². The quantitative estimate of drug-likeness (QED) is 0.852. The van der Waals surface area contributed by atoms with E-state index in [9.17, 15) is 0 Å². The van der Waals surface area contributed by atoms with Crippen LogP contribution in [0.2, 0.25) is 0 Å². The maximum atomic E-state index is 4.13. The normalized spacial score (nSPS) is 17.9. The van der Waals surface area contributed by atoms with Crippen molar-refractivity contribution in [3.8, 4) is 0 Å². The molecule has 7 heteroatoms. The Bertz CT molecular complexity index is 532. The van der Waals surface area contributed by atoms with Crippen molar-refractivity contribution in [3.05, 3.63) is 12.4 Å². The molecule has 7 nitrogen and oxygen atoms in total. The third-order valence-electron chi connectivity index (χ3n) is 3.51. The molecule has 3 heterocycles. The summed E-state index contributed by atoms with van der Waals surface area (Å²) >= 11 is 0. The van der Waals surface area contributed by atoms with Crippen LogP contribution in [0, 0.1) is 5.92 Å². The first-order valence-electron chi connectivity index (χ1n) is 6.81. The van der Waals surface area contributed by atoms with Crippen molar-refractivity contribution in [2.75, 3.05) is 31.5 Å². The van der Waals surface area contributed by atoms with Gasteiger partial charge in [0.1, 0.15) is 5.82 Å². The fourth-order valence-corrected chi connectivity index (χ4v) is 2.55. The number of aromatic nitrogens is 5. The molecule has 102 valence electrons. The zero-order valence-corrected chi connectivity index (χ0v) is 11.2. The third kappa shape index (κ3) is 2.81. The van der Waals surface area contributed by atoms with Gasteiger partial charge in [0.2, 0.25) is 0 Å². The molecule has 0 bridgehead atoms. The number of rotatable bonds is 5. The summed E-state index contributed by atoms with van der Waals surface area (Å²) in [5, 5.41) is 14.8. The van der Waals surface area contributed by atoms with Crippen LogP contribution in [0.1, 0.15) is 19.8 Å². The average Bonchev–Trinajstić information content (AvgIpc) is 3.06. The Morgan fingerprint density at radius 1 is 1.32 bits per heavy atom. The highest BCUT2D eigenvalue weighted by molar-refractivity contribution is 5.43. The summed E-state index contributed by atoms with van der Waals surface area (Å²) in [7, 11) is 0. The number of anilines is 1. The van der Waals surface area contributed by atoms with Gasteiger partial charge in [-0.25, -0.2) is 0 Å². The molecule has 1 aliphatic rings. The molecule has 0 saturated carbocycles. The van der Waals surface area contributed by atoms with Crippen LogP contribution in [-0.4, -0.2) is 56.1 Å². The molecule has 0 aromatic carbocycles. The Hall–Kier alpha value is -1.76. The Kier molecular flexibility index (Phi) is 3.54. The van der Waals surface area contributed by atoms with Gasteiger partial charge in [-0.1, -0.05) is 6.92 Å². The maximum absolute atomic E-state index is 4.13. The molecule has 1 fully saturated rings. The first-order chi connectivity index (χ1) is 9.33. The van der Waals surface area contributed by atoms with E-state index in [2.05, 4.69) is 37.6 Å². The monoisotopic (exact) mass is 261 g/mol. The number of tetrazole rings is 1. The van der Waals surface area contributed by atoms with Gasteiger partial charge in [-0.3, -0.25) is 4.98 Å². The van der Waals surface area contributed by atoms with Crippen LogP contribution in [0.15, 0.2) is 12.4 Å². The van der Waals surface area contributed by atoms with Crippen molar-refractivity contribution in [3.63, 3.8) is 0 Å². The van der Waals surface area contributed by atoms with Gasteiger partial charge in [0.15, 0.2) is 5.65 Å². The van der Waals surface area contributed by atoms with Crippen LogP contribution in [0.5, 0.6) is 0 Å². The SMILES string of the molecule is CC(CNc1cncc2nnnn12)CN1CCCC1. The van der Waals surface area contributed by atoms with Crippen molar-refractivity contribution in [1.82, 2.24) is 29.9 Å². The molecular weight excluding hydrogens is 242 g/mol. The molecular formula is C12H19N7. The van der Waals surface area contributed by atoms with E-state index >= 15 is 0 Å². The summed E-state index contributed by atoms with van der Waals surface area (Å²) in [6.07, 6.45) is 6.09. The highest BCUT2D eigenvalue weighted by Gasteiger charge is 2.14. The summed E-state index contributed by atoms with van der Waals surface area (Å²) < 4.78 is 1.68. The molecule has 0 amide bonds. The van der Waals surface area contributed by atoms with Crippen molar-refractivity contribution in [2.45, 2.75) is 19.8 Å². The minimum atomic E-state index is 0.588. The van der Waals surface area contributed by atoms with Crippen molar-refractivity contribution < 1.29 is 0 Å². The van der Waals surface area contributed by atoms with Gasteiger partial charge >= 0.3 is 0 Å². The average molecular weight is 261 g/mol. The summed E-state index contributed by atoms with van der Waals surface area (Å²) in [4.78, 5) is 6.66. The Balaban J connectivity index is 1.57. The molecule has 1 aliphatic heterocycles. The van der Waals surface area contributed by atoms with Crippen LogP contribution in [0.4, 0.5) is 5.82 Å². The predicted molar refractivity (Wildman–Crippen MR) is 71.9 cm³/mol. The first kappa shape index (κ1) is 12.3. The van der Waals surface area contributed by atoms with Gasteiger partial charge in [0, 0.05) is 13.1 Å². The fourth-order valence-electron chi connectivity index (χ4n) is 2.55. The molecule has 19 heavy (non-hydrogen) atoms. The summed E-state index contributed by atoms with van der Waals surface area (Å²) in [5.41, 5.74) is 0.664. The maximum Gasteiger partial charge on any atom is 0.199 e. The second-order valence-electron chi connectivity index (χ2n) is 5.24. The zero-order chi connectivity index (χ0) is 13.1. The Morgan fingerprint density at radius 2 is 2.16 bits per heavy atom. The summed E-state index contributed by atoms with van der Waals surface area (Å²) in [5.74, 6) is 1.43. The predicted octanol–water partition coefficient (Wildman–Crippen LogP) is 0.663. The van der Waals surface area contributed by atoms with Crippen LogP contribution in [-0.2, 0) is 0 Å². The smallest absolute Gasteiger partial charge is 0.199 e. The molecule has 1 saturated heterocycles. The zero-order valence-electron chi connectivity index (χ0n) is 11.2. The van der Waals surface area contributed by atoms with Crippen molar-refractivity contribution in [1.29, 1.82) is 0 Å².